The van der Waals surface area contributed by atoms with Crippen molar-refractivity contribution >= 4 is 27.6 Å². The van der Waals surface area contributed by atoms with Crippen LogP contribution in [0.1, 0.15) is 49.7 Å². The maximum Gasteiger partial charge on any atom is 0.344 e. The van der Waals surface area contributed by atoms with Crippen molar-refractivity contribution in [2.75, 3.05) is 48.6 Å². The van der Waals surface area contributed by atoms with E-state index in [-0.39, 0.29) is 17.4 Å². The van der Waals surface area contributed by atoms with E-state index in [1.807, 2.05) is 4.90 Å². The third-order valence-corrected chi connectivity index (χ3v) is 8.33. The predicted molar refractivity (Wildman–Crippen MR) is 137 cm³/mol. The van der Waals surface area contributed by atoms with Crippen LogP contribution >= 0.6 is 0 Å². The summed E-state index contributed by atoms with van der Waals surface area (Å²) in [6.45, 7) is 7.91. The van der Waals surface area contributed by atoms with Gasteiger partial charge in [0, 0.05) is 56.2 Å². The molecule has 3 fully saturated rings. The summed E-state index contributed by atoms with van der Waals surface area (Å²) in [5, 5.41) is 4.10. The highest BCUT2D eigenvalue weighted by atomic mass is 32.2. The van der Waals surface area contributed by atoms with Gasteiger partial charge in [-0.3, -0.25) is 9.62 Å². The SMILES string of the molecule is Cc1cc(CN2CCCC23CCN(C(=O)n2ccc(NS(C)(=O)=O)n2)CC3)cc(N2CCCC2)c1. The van der Waals surface area contributed by atoms with Gasteiger partial charge in [-0.05, 0) is 75.3 Å². The lowest BCUT2D eigenvalue weighted by molar-refractivity contribution is 0.0585. The molecule has 1 amide bonds. The molecule has 5 rings (SSSR count). The van der Waals surface area contributed by atoms with E-state index in [1.165, 1.54) is 59.4 Å². The van der Waals surface area contributed by atoms with Gasteiger partial charge in [0.25, 0.3) is 0 Å². The molecule has 0 radical (unpaired) electrons. The molecule has 3 aliphatic heterocycles. The van der Waals surface area contributed by atoms with Crippen LogP contribution < -0.4 is 9.62 Å². The van der Waals surface area contributed by atoms with Crippen molar-refractivity contribution in [3.63, 3.8) is 0 Å². The number of benzene rings is 1. The molecule has 0 atom stereocenters. The molecule has 2 aromatic rings. The second-order valence-electron chi connectivity index (χ2n) is 10.4. The van der Waals surface area contributed by atoms with E-state index in [9.17, 15) is 13.2 Å². The van der Waals surface area contributed by atoms with Crippen molar-refractivity contribution in [2.45, 2.75) is 57.5 Å². The number of aromatic nitrogens is 2. The number of likely N-dealkylation sites (tertiary alicyclic amines) is 2. The van der Waals surface area contributed by atoms with Crippen LogP contribution in [0.5, 0.6) is 0 Å². The Labute approximate surface area is 208 Å². The van der Waals surface area contributed by atoms with Gasteiger partial charge in [-0.25, -0.2) is 13.2 Å². The van der Waals surface area contributed by atoms with E-state index < -0.39 is 10.0 Å². The Balaban J connectivity index is 1.23. The number of nitrogens with zero attached hydrogens (tertiary/aromatic N) is 5. The average molecular weight is 501 g/mol. The molecule has 3 saturated heterocycles. The summed E-state index contributed by atoms with van der Waals surface area (Å²) < 4.78 is 26.4. The molecule has 10 heteroatoms. The fourth-order valence-electron chi connectivity index (χ4n) is 6.05. The van der Waals surface area contributed by atoms with Crippen molar-refractivity contribution in [1.82, 2.24) is 19.6 Å². The summed E-state index contributed by atoms with van der Waals surface area (Å²) in [6, 6.07) is 8.30. The maximum atomic E-state index is 13.0. The molecule has 0 aliphatic carbocycles. The summed E-state index contributed by atoms with van der Waals surface area (Å²) >= 11 is 0. The van der Waals surface area contributed by atoms with Crippen LogP contribution in [-0.4, -0.2) is 78.5 Å². The fraction of sp³-hybridized carbons (Fsp3) is 0.600. The van der Waals surface area contributed by atoms with Gasteiger partial charge in [0.05, 0.1) is 6.26 Å². The van der Waals surface area contributed by atoms with Crippen LogP contribution in [0, 0.1) is 6.92 Å². The molecule has 9 nitrogen and oxygen atoms in total. The highest BCUT2D eigenvalue weighted by molar-refractivity contribution is 7.92. The van der Waals surface area contributed by atoms with Gasteiger partial charge in [0.2, 0.25) is 10.0 Å². The number of hydrogen-bond acceptors (Lipinski definition) is 6. The van der Waals surface area contributed by atoms with Crippen molar-refractivity contribution < 1.29 is 13.2 Å². The smallest absolute Gasteiger partial charge is 0.344 e. The van der Waals surface area contributed by atoms with Crippen LogP contribution in [0.2, 0.25) is 0 Å². The van der Waals surface area contributed by atoms with Gasteiger partial charge in [-0.2, -0.15) is 4.68 Å². The molecule has 1 N–H and O–H groups in total. The van der Waals surface area contributed by atoms with Crippen molar-refractivity contribution in [1.29, 1.82) is 0 Å². The minimum absolute atomic E-state index is 0.140. The maximum absolute atomic E-state index is 13.0. The first-order chi connectivity index (χ1) is 16.7. The Morgan fingerprint density at radius 2 is 1.77 bits per heavy atom. The van der Waals surface area contributed by atoms with Crippen molar-refractivity contribution in [3.05, 3.63) is 41.6 Å². The molecular weight excluding hydrogens is 464 g/mol. The third-order valence-electron chi connectivity index (χ3n) is 7.75. The van der Waals surface area contributed by atoms with Gasteiger partial charge in [-0.15, -0.1) is 5.10 Å². The number of hydrogen-bond donors (Lipinski definition) is 1. The van der Waals surface area contributed by atoms with Gasteiger partial charge in [-0.1, -0.05) is 6.07 Å². The third kappa shape index (κ3) is 5.33. The number of aryl methyl sites for hydroxylation is 1. The second-order valence-corrected chi connectivity index (χ2v) is 12.2. The summed E-state index contributed by atoms with van der Waals surface area (Å²) in [5.74, 6) is 0.155. The molecule has 0 bridgehead atoms. The van der Waals surface area contributed by atoms with Crippen LogP contribution in [0.3, 0.4) is 0 Å². The Hall–Kier alpha value is -2.59. The zero-order valence-corrected chi connectivity index (χ0v) is 21.6. The lowest BCUT2D eigenvalue weighted by Gasteiger charge is -2.45. The summed E-state index contributed by atoms with van der Waals surface area (Å²) in [5.41, 5.74) is 4.20. The second kappa shape index (κ2) is 9.46. The zero-order chi connectivity index (χ0) is 24.6. The quantitative estimate of drug-likeness (QED) is 0.678. The Bertz CT molecular complexity index is 1180. The van der Waals surface area contributed by atoms with Crippen LogP contribution in [0.4, 0.5) is 16.3 Å². The molecule has 1 spiro atoms. The lowest BCUT2D eigenvalue weighted by atomic mass is 9.84. The molecule has 190 valence electrons. The number of sulfonamides is 1. The molecule has 0 saturated carbocycles. The molecule has 0 unspecified atom stereocenters. The molecular formula is C25H36N6O3S. The van der Waals surface area contributed by atoms with E-state index in [4.69, 9.17) is 0 Å². The number of carbonyl (C=O) groups is 1. The predicted octanol–water partition coefficient (Wildman–Crippen LogP) is 3.26. The monoisotopic (exact) mass is 500 g/mol. The minimum Gasteiger partial charge on any atom is -0.372 e. The Kier molecular flexibility index (Phi) is 6.52. The van der Waals surface area contributed by atoms with E-state index in [2.05, 4.69) is 44.7 Å². The van der Waals surface area contributed by atoms with E-state index in [0.29, 0.717) is 13.1 Å². The van der Waals surface area contributed by atoms with E-state index >= 15 is 0 Å². The van der Waals surface area contributed by atoms with Gasteiger partial charge < -0.3 is 9.80 Å². The normalized spacial score (nSPS) is 20.6. The molecule has 1 aromatic carbocycles. The number of carbonyl (C=O) groups excluding carboxylic acids is 1. The lowest BCUT2D eigenvalue weighted by Crippen LogP contribution is -2.53. The van der Waals surface area contributed by atoms with Crippen LogP contribution in [0.25, 0.3) is 0 Å². The average Bonchev–Trinajstić information content (AvgIpc) is 3.55. The highest BCUT2D eigenvalue weighted by Gasteiger charge is 2.43. The van der Waals surface area contributed by atoms with E-state index in [0.717, 1.165) is 45.3 Å². The summed E-state index contributed by atoms with van der Waals surface area (Å²) in [7, 11) is -3.43. The number of piperidine rings is 1. The first kappa shape index (κ1) is 24.1. The van der Waals surface area contributed by atoms with E-state index in [1.54, 1.807) is 0 Å². The standard InChI is InChI=1S/C25H36N6O3S/c1-20-16-21(18-22(17-20)28-10-3-4-11-28)19-30-12-5-7-25(30)8-14-29(15-9-25)24(32)31-13-6-23(26-31)27-35(2,33)34/h6,13,16-18H,3-5,7-12,14-15,19H2,1-2H3,(H,26,27). The zero-order valence-electron chi connectivity index (χ0n) is 20.7. The molecule has 1 aromatic heterocycles. The molecule has 35 heavy (non-hydrogen) atoms. The van der Waals surface area contributed by atoms with Gasteiger partial charge in [0.15, 0.2) is 5.82 Å². The van der Waals surface area contributed by atoms with Gasteiger partial charge in [0.1, 0.15) is 0 Å². The summed E-state index contributed by atoms with van der Waals surface area (Å²) in [4.78, 5) is 20.0. The summed E-state index contributed by atoms with van der Waals surface area (Å²) in [6.07, 6.45) is 9.39. The topological polar surface area (TPSA) is 90.8 Å². The van der Waals surface area contributed by atoms with Crippen LogP contribution in [0.15, 0.2) is 30.5 Å². The molecule has 4 heterocycles. The largest absolute Gasteiger partial charge is 0.372 e. The number of rotatable bonds is 5. The first-order valence-corrected chi connectivity index (χ1v) is 14.5. The number of amides is 1. The molecule has 3 aliphatic rings. The van der Waals surface area contributed by atoms with Crippen molar-refractivity contribution in [2.24, 2.45) is 0 Å². The minimum atomic E-state index is -3.43. The highest BCUT2D eigenvalue weighted by Crippen LogP contribution is 2.40. The van der Waals surface area contributed by atoms with Crippen LogP contribution in [-0.2, 0) is 16.6 Å². The first-order valence-electron chi connectivity index (χ1n) is 12.6. The van der Waals surface area contributed by atoms with Gasteiger partial charge >= 0.3 is 6.03 Å². The number of nitrogens with one attached hydrogen (secondary N) is 1. The Morgan fingerprint density at radius 3 is 2.49 bits per heavy atom. The Morgan fingerprint density at radius 1 is 1.03 bits per heavy atom. The fourth-order valence-corrected chi connectivity index (χ4v) is 6.54. The van der Waals surface area contributed by atoms with Crippen molar-refractivity contribution in [3.8, 4) is 0 Å². The number of anilines is 2.